The Kier molecular flexibility index (Phi) is 7.03. The van der Waals surface area contributed by atoms with Crippen LogP contribution in [0, 0.1) is 0 Å². The second-order valence-electron chi connectivity index (χ2n) is 6.09. The van der Waals surface area contributed by atoms with Crippen molar-refractivity contribution >= 4 is 0 Å². The molecule has 0 N–H and O–H groups in total. The van der Waals surface area contributed by atoms with E-state index in [0.717, 1.165) is 37.7 Å². The maximum Gasteiger partial charge on any atom is 0.122 e. The molecule has 0 amide bonds. The highest BCUT2D eigenvalue weighted by Crippen LogP contribution is 2.23. The summed E-state index contributed by atoms with van der Waals surface area (Å²) in [7, 11) is 7.55. The minimum atomic E-state index is 0.820. The van der Waals surface area contributed by atoms with Crippen LogP contribution >= 0.6 is 0 Å². The van der Waals surface area contributed by atoms with Crippen molar-refractivity contribution in [1.82, 2.24) is 14.8 Å². The molecule has 5 heteroatoms. The van der Waals surface area contributed by atoms with Gasteiger partial charge in [0.2, 0.25) is 0 Å². The molecule has 0 radical (unpaired) electrons. The number of nitrogens with zero attached hydrogens (tertiary/aromatic N) is 3. The summed E-state index contributed by atoms with van der Waals surface area (Å²) < 4.78 is 10.8. The van der Waals surface area contributed by atoms with Crippen LogP contribution in [0.2, 0.25) is 0 Å². The van der Waals surface area contributed by atoms with Crippen LogP contribution < -0.4 is 9.47 Å². The number of hydrogen-bond donors (Lipinski definition) is 0. The molecule has 0 aliphatic heterocycles. The zero-order valence-corrected chi connectivity index (χ0v) is 15.0. The molecular formula is C19H27N3O2. The quantitative estimate of drug-likeness (QED) is 0.707. The van der Waals surface area contributed by atoms with E-state index in [1.54, 1.807) is 14.2 Å². The van der Waals surface area contributed by atoms with E-state index >= 15 is 0 Å². The average Bonchev–Trinajstić information content (AvgIpc) is 2.60. The number of hydrogen-bond acceptors (Lipinski definition) is 5. The summed E-state index contributed by atoms with van der Waals surface area (Å²) >= 11 is 0. The predicted molar refractivity (Wildman–Crippen MR) is 96.5 cm³/mol. The average molecular weight is 329 g/mol. The molecule has 0 aliphatic carbocycles. The number of rotatable bonds is 9. The first-order valence-electron chi connectivity index (χ1n) is 8.08. The highest BCUT2D eigenvalue weighted by molar-refractivity contribution is 5.38. The van der Waals surface area contributed by atoms with Gasteiger partial charge < -0.3 is 14.4 Å². The SMILES string of the molecule is COc1cc(CN(CCN(C)C)Cc2ccncc2)cc(OC)c1. The third-order valence-electron chi connectivity index (χ3n) is 3.84. The largest absolute Gasteiger partial charge is 0.497 e. The fourth-order valence-electron chi connectivity index (χ4n) is 2.52. The van der Waals surface area contributed by atoms with Gasteiger partial charge in [-0.2, -0.15) is 0 Å². The Hall–Kier alpha value is -2.11. The van der Waals surface area contributed by atoms with Gasteiger partial charge in [-0.3, -0.25) is 9.88 Å². The monoisotopic (exact) mass is 329 g/mol. The van der Waals surface area contributed by atoms with E-state index < -0.39 is 0 Å². The van der Waals surface area contributed by atoms with Gasteiger partial charge in [0.05, 0.1) is 14.2 Å². The van der Waals surface area contributed by atoms with Crippen molar-refractivity contribution in [3.8, 4) is 11.5 Å². The van der Waals surface area contributed by atoms with Crippen molar-refractivity contribution in [1.29, 1.82) is 0 Å². The normalized spacial score (nSPS) is 11.1. The molecule has 130 valence electrons. The Bertz CT molecular complexity index is 595. The summed E-state index contributed by atoms with van der Waals surface area (Å²) in [6, 6.07) is 10.2. The minimum absolute atomic E-state index is 0.820. The van der Waals surface area contributed by atoms with Gasteiger partial charge in [0.25, 0.3) is 0 Å². The third-order valence-corrected chi connectivity index (χ3v) is 3.84. The summed E-state index contributed by atoms with van der Waals surface area (Å²) in [6.45, 7) is 3.71. The van der Waals surface area contributed by atoms with Crippen molar-refractivity contribution in [2.45, 2.75) is 13.1 Å². The summed E-state index contributed by atoms with van der Waals surface area (Å²) in [5.74, 6) is 1.64. The van der Waals surface area contributed by atoms with E-state index in [0.29, 0.717) is 0 Å². The van der Waals surface area contributed by atoms with Crippen LogP contribution in [0.15, 0.2) is 42.7 Å². The first-order chi connectivity index (χ1) is 11.6. The number of benzene rings is 1. The molecule has 1 aromatic carbocycles. The van der Waals surface area contributed by atoms with Gasteiger partial charge in [0.15, 0.2) is 0 Å². The van der Waals surface area contributed by atoms with Crippen LogP contribution in [0.1, 0.15) is 11.1 Å². The second kappa shape index (κ2) is 9.25. The summed E-state index contributed by atoms with van der Waals surface area (Å²) in [4.78, 5) is 8.72. The van der Waals surface area contributed by atoms with Gasteiger partial charge in [-0.1, -0.05) is 0 Å². The molecule has 2 rings (SSSR count). The Morgan fingerprint density at radius 1 is 0.833 bits per heavy atom. The van der Waals surface area contributed by atoms with Crippen LogP contribution in [0.5, 0.6) is 11.5 Å². The lowest BCUT2D eigenvalue weighted by molar-refractivity contribution is 0.225. The lowest BCUT2D eigenvalue weighted by atomic mass is 10.1. The number of methoxy groups -OCH3 is 2. The van der Waals surface area contributed by atoms with Crippen molar-refractivity contribution in [2.75, 3.05) is 41.4 Å². The molecule has 0 spiro atoms. The van der Waals surface area contributed by atoms with Gasteiger partial charge in [-0.05, 0) is 49.5 Å². The molecule has 2 aromatic rings. The van der Waals surface area contributed by atoms with Crippen LogP contribution in [-0.2, 0) is 13.1 Å². The topological polar surface area (TPSA) is 37.8 Å². The third kappa shape index (κ3) is 5.83. The first kappa shape index (κ1) is 18.2. The minimum Gasteiger partial charge on any atom is -0.497 e. The van der Waals surface area contributed by atoms with Gasteiger partial charge in [0, 0.05) is 44.6 Å². The Morgan fingerprint density at radius 2 is 1.42 bits per heavy atom. The van der Waals surface area contributed by atoms with E-state index in [4.69, 9.17) is 9.47 Å². The predicted octanol–water partition coefficient (Wildman–Crippen LogP) is 2.66. The number of pyridine rings is 1. The molecule has 5 nitrogen and oxygen atoms in total. The van der Waals surface area contributed by atoms with Crippen LogP contribution in [0.25, 0.3) is 0 Å². The Labute approximate surface area is 144 Å². The van der Waals surface area contributed by atoms with Gasteiger partial charge in [-0.25, -0.2) is 0 Å². The van der Waals surface area contributed by atoms with Crippen molar-refractivity contribution in [3.05, 3.63) is 53.9 Å². The fraction of sp³-hybridized carbons (Fsp3) is 0.421. The number of likely N-dealkylation sites (N-methyl/N-ethyl adjacent to an activating group) is 1. The number of ether oxygens (including phenoxy) is 2. The molecule has 0 fully saturated rings. The summed E-state index contributed by atoms with van der Waals surface area (Å²) in [5.41, 5.74) is 2.44. The van der Waals surface area contributed by atoms with E-state index in [2.05, 4.69) is 53.1 Å². The Morgan fingerprint density at radius 3 is 1.96 bits per heavy atom. The molecule has 0 saturated carbocycles. The van der Waals surface area contributed by atoms with E-state index in [1.807, 2.05) is 18.5 Å². The lowest BCUT2D eigenvalue weighted by Crippen LogP contribution is -2.31. The fourth-order valence-corrected chi connectivity index (χ4v) is 2.52. The zero-order valence-electron chi connectivity index (χ0n) is 15.0. The second-order valence-corrected chi connectivity index (χ2v) is 6.09. The van der Waals surface area contributed by atoms with Gasteiger partial charge in [0.1, 0.15) is 11.5 Å². The molecule has 0 bridgehead atoms. The molecule has 1 aromatic heterocycles. The molecule has 1 heterocycles. The molecular weight excluding hydrogens is 302 g/mol. The lowest BCUT2D eigenvalue weighted by Gasteiger charge is -2.24. The van der Waals surface area contributed by atoms with Gasteiger partial charge in [-0.15, -0.1) is 0 Å². The molecule has 0 saturated heterocycles. The van der Waals surface area contributed by atoms with Crippen LogP contribution in [0.4, 0.5) is 0 Å². The number of aromatic nitrogens is 1. The molecule has 0 unspecified atom stereocenters. The summed E-state index contributed by atoms with van der Waals surface area (Å²) in [6.07, 6.45) is 3.68. The molecule has 0 aliphatic rings. The van der Waals surface area contributed by atoms with Gasteiger partial charge >= 0.3 is 0 Å². The zero-order chi connectivity index (χ0) is 17.4. The molecule has 0 atom stereocenters. The standard InChI is InChI=1S/C19H27N3O2/c1-21(2)9-10-22(14-16-5-7-20-8-6-16)15-17-11-18(23-3)13-19(12-17)24-4/h5-8,11-13H,9-10,14-15H2,1-4H3. The van der Waals surface area contributed by atoms with E-state index in [1.165, 1.54) is 11.1 Å². The Balaban J connectivity index is 2.14. The first-order valence-corrected chi connectivity index (χ1v) is 8.08. The highest BCUT2D eigenvalue weighted by Gasteiger charge is 2.10. The maximum absolute atomic E-state index is 5.38. The van der Waals surface area contributed by atoms with E-state index in [-0.39, 0.29) is 0 Å². The van der Waals surface area contributed by atoms with Crippen LogP contribution in [0.3, 0.4) is 0 Å². The van der Waals surface area contributed by atoms with Crippen molar-refractivity contribution < 1.29 is 9.47 Å². The van der Waals surface area contributed by atoms with E-state index in [9.17, 15) is 0 Å². The highest BCUT2D eigenvalue weighted by atomic mass is 16.5. The summed E-state index contributed by atoms with van der Waals surface area (Å²) in [5, 5.41) is 0. The smallest absolute Gasteiger partial charge is 0.122 e. The maximum atomic E-state index is 5.38. The van der Waals surface area contributed by atoms with Crippen molar-refractivity contribution in [3.63, 3.8) is 0 Å². The molecule has 24 heavy (non-hydrogen) atoms. The van der Waals surface area contributed by atoms with Crippen molar-refractivity contribution in [2.24, 2.45) is 0 Å². The van der Waals surface area contributed by atoms with Crippen LogP contribution in [-0.4, -0.2) is 56.2 Å².